The highest BCUT2D eigenvalue weighted by atomic mass is 16.3. The number of fused-ring (bicyclic) bond motifs is 1. The van der Waals surface area contributed by atoms with E-state index in [0.29, 0.717) is 5.82 Å². The van der Waals surface area contributed by atoms with E-state index in [1.165, 1.54) is 30.5 Å². The summed E-state index contributed by atoms with van der Waals surface area (Å²) in [5.41, 5.74) is 2.47. The Hall–Kier alpha value is -1.84. The molecule has 4 nitrogen and oxygen atoms in total. The molecule has 106 valence electrons. The normalized spacial score (nSPS) is 14.7. The van der Waals surface area contributed by atoms with E-state index in [9.17, 15) is 0 Å². The van der Waals surface area contributed by atoms with Gasteiger partial charge in [-0.05, 0) is 37.8 Å². The Bertz CT molecular complexity index is 604. The van der Waals surface area contributed by atoms with Crippen molar-refractivity contribution in [1.82, 2.24) is 9.97 Å². The Morgan fingerprint density at radius 3 is 2.75 bits per heavy atom. The number of aryl methyl sites for hydroxylation is 2. The van der Waals surface area contributed by atoms with E-state index in [1.807, 2.05) is 19.2 Å². The van der Waals surface area contributed by atoms with Crippen LogP contribution in [0.1, 0.15) is 43.2 Å². The zero-order valence-electron chi connectivity index (χ0n) is 12.2. The first-order valence-corrected chi connectivity index (χ1v) is 7.48. The average molecular weight is 271 g/mol. The number of hydrogen-bond donors (Lipinski definition) is 1. The Morgan fingerprint density at radius 1 is 1.15 bits per heavy atom. The molecular weight excluding hydrogens is 250 g/mol. The molecule has 1 N–H and O–H groups in total. The molecule has 0 saturated carbocycles. The molecule has 20 heavy (non-hydrogen) atoms. The minimum absolute atomic E-state index is 0.703. The van der Waals surface area contributed by atoms with E-state index in [2.05, 4.69) is 17.2 Å². The summed E-state index contributed by atoms with van der Waals surface area (Å²) >= 11 is 0. The maximum Gasteiger partial charge on any atom is 0.197 e. The van der Waals surface area contributed by atoms with Gasteiger partial charge in [-0.15, -0.1) is 0 Å². The van der Waals surface area contributed by atoms with Crippen molar-refractivity contribution in [3.63, 3.8) is 0 Å². The summed E-state index contributed by atoms with van der Waals surface area (Å²) in [6.45, 7) is 2.08. The Balaban J connectivity index is 2.05. The van der Waals surface area contributed by atoms with Gasteiger partial charge in [0.15, 0.2) is 11.6 Å². The summed E-state index contributed by atoms with van der Waals surface area (Å²) in [5.74, 6) is 3.41. The highest BCUT2D eigenvalue weighted by molar-refractivity contribution is 5.56. The number of furan rings is 1. The second-order valence-corrected chi connectivity index (χ2v) is 5.25. The Kier molecular flexibility index (Phi) is 3.72. The molecule has 1 aliphatic rings. The van der Waals surface area contributed by atoms with Crippen LogP contribution in [-0.4, -0.2) is 17.0 Å². The molecule has 0 atom stereocenters. The van der Waals surface area contributed by atoms with Gasteiger partial charge in [0, 0.05) is 24.7 Å². The van der Waals surface area contributed by atoms with Gasteiger partial charge >= 0.3 is 0 Å². The third kappa shape index (κ3) is 2.42. The molecular formula is C16H21N3O. The standard InChI is InChI=1S/C16H21N3O/c1-3-11-9-10-14(20-11)16-18-13-8-6-4-5-7-12(13)15(17-2)19-16/h9-10H,3-8H2,1-2H3,(H,17,18,19). The second-order valence-electron chi connectivity index (χ2n) is 5.25. The molecule has 2 aromatic heterocycles. The van der Waals surface area contributed by atoms with Crippen molar-refractivity contribution in [2.24, 2.45) is 0 Å². The zero-order chi connectivity index (χ0) is 13.9. The lowest BCUT2D eigenvalue weighted by Crippen LogP contribution is -2.06. The maximum absolute atomic E-state index is 5.79. The largest absolute Gasteiger partial charge is 0.458 e. The molecule has 0 saturated heterocycles. The fourth-order valence-electron chi connectivity index (χ4n) is 2.78. The van der Waals surface area contributed by atoms with Crippen LogP contribution in [0.4, 0.5) is 5.82 Å². The van der Waals surface area contributed by atoms with Crippen molar-refractivity contribution in [2.45, 2.75) is 45.4 Å². The molecule has 0 bridgehead atoms. The topological polar surface area (TPSA) is 51.0 Å². The van der Waals surface area contributed by atoms with E-state index in [0.717, 1.165) is 36.6 Å². The number of aromatic nitrogens is 2. The predicted octanol–water partition coefficient (Wildman–Crippen LogP) is 3.61. The van der Waals surface area contributed by atoms with Crippen LogP contribution >= 0.6 is 0 Å². The van der Waals surface area contributed by atoms with Crippen LogP contribution in [0.5, 0.6) is 0 Å². The van der Waals surface area contributed by atoms with Crippen LogP contribution in [-0.2, 0) is 19.3 Å². The second kappa shape index (κ2) is 5.65. The van der Waals surface area contributed by atoms with Crippen molar-refractivity contribution in [2.75, 3.05) is 12.4 Å². The molecule has 0 radical (unpaired) electrons. The van der Waals surface area contributed by atoms with E-state index in [4.69, 9.17) is 9.40 Å². The quantitative estimate of drug-likeness (QED) is 0.866. The van der Waals surface area contributed by atoms with Crippen LogP contribution in [0.3, 0.4) is 0 Å². The molecule has 2 heterocycles. The number of hydrogen-bond acceptors (Lipinski definition) is 4. The van der Waals surface area contributed by atoms with Crippen molar-refractivity contribution in [3.05, 3.63) is 29.2 Å². The maximum atomic E-state index is 5.79. The highest BCUT2D eigenvalue weighted by Crippen LogP contribution is 2.28. The van der Waals surface area contributed by atoms with Gasteiger partial charge in [0.1, 0.15) is 11.6 Å². The minimum atomic E-state index is 0.703. The lowest BCUT2D eigenvalue weighted by Gasteiger charge is -2.11. The van der Waals surface area contributed by atoms with Gasteiger partial charge in [-0.2, -0.15) is 0 Å². The van der Waals surface area contributed by atoms with E-state index in [-0.39, 0.29) is 0 Å². The first-order chi connectivity index (χ1) is 9.81. The smallest absolute Gasteiger partial charge is 0.197 e. The monoisotopic (exact) mass is 271 g/mol. The molecule has 0 aliphatic heterocycles. The van der Waals surface area contributed by atoms with E-state index < -0.39 is 0 Å². The number of anilines is 1. The van der Waals surface area contributed by atoms with E-state index in [1.54, 1.807) is 0 Å². The molecule has 0 spiro atoms. The Labute approximate surface area is 119 Å². The lowest BCUT2D eigenvalue weighted by atomic mass is 10.1. The van der Waals surface area contributed by atoms with Crippen LogP contribution < -0.4 is 5.32 Å². The van der Waals surface area contributed by atoms with Gasteiger partial charge in [0.05, 0.1) is 0 Å². The summed E-state index contributed by atoms with van der Waals surface area (Å²) in [5, 5.41) is 3.22. The highest BCUT2D eigenvalue weighted by Gasteiger charge is 2.18. The molecule has 4 heteroatoms. The van der Waals surface area contributed by atoms with Crippen LogP contribution in [0.15, 0.2) is 16.5 Å². The summed E-state index contributed by atoms with van der Waals surface area (Å²) in [7, 11) is 1.93. The number of nitrogens with zero attached hydrogens (tertiary/aromatic N) is 2. The van der Waals surface area contributed by atoms with Gasteiger partial charge in [0.25, 0.3) is 0 Å². The van der Waals surface area contributed by atoms with Crippen molar-refractivity contribution in [3.8, 4) is 11.6 Å². The molecule has 2 aromatic rings. The van der Waals surface area contributed by atoms with E-state index >= 15 is 0 Å². The SMILES string of the molecule is CCc1ccc(-c2nc3c(c(NC)n2)CCCCC3)o1. The van der Waals surface area contributed by atoms with Crippen LogP contribution in [0.25, 0.3) is 11.6 Å². The van der Waals surface area contributed by atoms with Crippen LogP contribution in [0, 0.1) is 0 Å². The van der Waals surface area contributed by atoms with Gasteiger partial charge in [-0.25, -0.2) is 9.97 Å². The van der Waals surface area contributed by atoms with Crippen molar-refractivity contribution < 1.29 is 4.42 Å². The summed E-state index contributed by atoms with van der Waals surface area (Å²) in [4.78, 5) is 9.40. The molecule has 0 aromatic carbocycles. The van der Waals surface area contributed by atoms with Gasteiger partial charge in [0.2, 0.25) is 0 Å². The third-order valence-electron chi connectivity index (χ3n) is 3.90. The minimum Gasteiger partial charge on any atom is -0.458 e. The number of nitrogens with one attached hydrogen (secondary N) is 1. The zero-order valence-corrected chi connectivity index (χ0v) is 12.2. The summed E-state index contributed by atoms with van der Waals surface area (Å²) in [6.07, 6.45) is 6.72. The summed E-state index contributed by atoms with van der Waals surface area (Å²) < 4.78 is 5.79. The molecule has 3 rings (SSSR count). The average Bonchev–Trinajstić information content (AvgIpc) is 2.84. The van der Waals surface area contributed by atoms with Gasteiger partial charge in [-0.1, -0.05) is 13.3 Å². The molecule has 0 unspecified atom stereocenters. The van der Waals surface area contributed by atoms with Crippen LogP contribution in [0.2, 0.25) is 0 Å². The predicted molar refractivity (Wildman–Crippen MR) is 79.9 cm³/mol. The Morgan fingerprint density at radius 2 is 2.00 bits per heavy atom. The lowest BCUT2D eigenvalue weighted by molar-refractivity contribution is 0.525. The van der Waals surface area contributed by atoms with Gasteiger partial charge in [-0.3, -0.25) is 0 Å². The first kappa shape index (κ1) is 13.2. The fourth-order valence-corrected chi connectivity index (χ4v) is 2.78. The molecule has 0 fully saturated rings. The van der Waals surface area contributed by atoms with Crippen molar-refractivity contribution in [1.29, 1.82) is 0 Å². The fraction of sp³-hybridized carbons (Fsp3) is 0.500. The van der Waals surface area contributed by atoms with Crippen molar-refractivity contribution >= 4 is 5.82 Å². The number of rotatable bonds is 3. The molecule has 1 aliphatic carbocycles. The molecule has 0 amide bonds. The summed E-state index contributed by atoms with van der Waals surface area (Å²) in [6, 6.07) is 3.97. The third-order valence-corrected chi connectivity index (χ3v) is 3.90. The van der Waals surface area contributed by atoms with Gasteiger partial charge < -0.3 is 9.73 Å². The first-order valence-electron chi connectivity index (χ1n) is 7.48.